The van der Waals surface area contributed by atoms with Crippen LogP contribution in [0, 0.1) is 5.92 Å². The first kappa shape index (κ1) is 21.0. The lowest BCUT2D eigenvalue weighted by molar-refractivity contribution is -0.119. The zero-order valence-corrected chi connectivity index (χ0v) is 18.1. The van der Waals surface area contributed by atoms with Crippen LogP contribution in [0.4, 0.5) is 5.69 Å². The molecule has 0 spiro atoms. The number of H-pyrrole nitrogens is 1. The monoisotopic (exact) mass is 417 g/mol. The maximum atomic E-state index is 12.4. The molecule has 1 fully saturated rings. The smallest absolute Gasteiger partial charge is 0.227 e. The number of amides is 1. The number of anilines is 1. The molecule has 3 aromatic rings. The van der Waals surface area contributed by atoms with Crippen molar-refractivity contribution in [1.82, 2.24) is 15.6 Å². The number of nitrogens with zero attached hydrogens (tertiary/aromatic N) is 1. The first-order valence-electron chi connectivity index (χ1n) is 11.1. The fraction of sp³-hybridized carbons (Fsp3) is 0.360. The van der Waals surface area contributed by atoms with E-state index < -0.39 is 0 Å². The van der Waals surface area contributed by atoms with Crippen molar-refractivity contribution in [2.45, 2.75) is 38.6 Å². The standard InChI is InChI=1S/C25H31N5O/c1-26-25(27-14-13-20-17-28-23-12-5-4-11-22(20)23)29-16-18-7-6-10-21(15-18)30-24(31)19-8-2-3-9-19/h4-7,10-12,15,17,19,28H,2-3,8-9,13-14,16H2,1H3,(H,30,31)(H2,26,27,29). The number of benzene rings is 2. The molecule has 31 heavy (non-hydrogen) atoms. The van der Waals surface area contributed by atoms with E-state index in [4.69, 9.17) is 0 Å². The van der Waals surface area contributed by atoms with Crippen LogP contribution in [0.2, 0.25) is 0 Å². The predicted octanol–water partition coefficient (Wildman–Crippen LogP) is 4.20. The van der Waals surface area contributed by atoms with Gasteiger partial charge in [-0.05, 0) is 48.6 Å². The number of carbonyl (C=O) groups excluding carboxylic acids is 1. The number of aromatic nitrogens is 1. The van der Waals surface area contributed by atoms with Crippen molar-refractivity contribution in [1.29, 1.82) is 0 Å². The van der Waals surface area contributed by atoms with Gasteiger partial charge in [0.05, 0.1) is 0 Å². The number of aromatic amines is 1. The average Bonchev–Trinajstić information content (AvgIpc) is 3.47. The lowest BCUT2D eigenvalue weighted by Gasteiger charge is -2.14. The Kier molecular flexibility index (Phi) is 6.87. The Balaban J connectivity index is 1.26. The van der Waals surface area contributed by atoms with Gasteiger partial charge in [-0.2, -0.15) is 0 Å². The summed E-state index contributed by atoms with van der Waals surface area (Å²) in [5, 5.41) is 11.1. The highest BCUT2D eigenvalue weighted by Crippen LogP contribution is 2.26. The maximum absolute atomic E-state index is 12.4. The number of hydrogen-bond acceptors (Lipinski definition) is 2. The Labute approximate surface area is 183 Å². The number of guanidine groups is 1. The molecule has 0 radical (unpaired) electrons. The van der Waals surface area contributed by atoms with Crippen LogP contribution in [0.3, 0.4) is 0 Å². The Morgan fingerprint density at radius 1 is 1.10 bits per heavy atom. The Bertz CT molecular complexity index is 1050. The van der Waals surface area contributed by atoms with Crippen molar-refractivity contribution in [3.8, 4) is 0 Å². The van der Waals surface area contributed by atoms with Crippen molar-refractivity contribution in [2.24, 2.45) is 10.9 Å². The van der Waals surface area contributed by atoms with E-state index in [1.807, 2.05) is 24.3 Å². The van der Waals surface area contributed by atoms with Gasteiger partial charge in [0.15, 0.2) is 5.96 Å². The summed E-state index contributed by atoms with van der Waals surface area (Å²) in [5.74, 6) is 1.08. The number of rotatable bonds is 7. The zero-order chi connectivity index (χ0) is 21.5. The summed E-state index contributed by atoms with van der Waals surface area (Å²) in [6, 6.07) is 16.4. The second-order valence-electron chi connectivity index (χ2n) is 8.13. The summed E-state index contributed by atoms with van der Waals surface area (Å²) in [6.07, 6.45) is 7.32. The number of fused-ring (bicyclic) bond motifs is 1. The van der Waals surface area contributed by atoms with Crippen molar-refractivity contribution >= 4 is 28.5 Å². The van der Waals surface area contributed by atoms with Gasteiger partial charge in [-0.25, -0.2) is 0 Å². The highest BCUT2D eigenvalue weighted by molar-refractivity contribution is 5.92. The van der Waals surface area contributed by atoms with Gasteiger partial charge in [0.25, 0.3) is 0 Å². The zero-order valence-electron chi connectivity index (χ0n) is 18.1. The summed E-state index contributed by atoms with van der Waals surface area (Å²) in [5.41, 5.74) is 4.42. The van der Waals surface area contributed by atoms with Gasteiger partial charge >= 0.3 is 0 Å². The minimum absolute atomic E-state index is 0.150. The lowest BCUT2D eigenvalue weighted by atomic mass is 10.1. The predicted molar refractivity (Wildman–Crippen MR) is 127 cm³/mol. The summed E-state index contributed by atoms with van der Waals surface area (Å²) >= 11 is 0. The lowest BCUT2D eigenvalue weighted by Crippen LogP contribution is -2.37. The van der Waals surface area contributed by atoms with Crippen LogP contribution in [0.5, 0.6) is 0 Å². The van der Waals surface area contributed by atoms with Gasteiger partial charge in [-0.1, -0.05) is 43.2 Å². The Morgan fingerprint density at radius 2 is 1.94 bits per heavy atom. The molecule has 6 nitrogen and oxygen atoms in total. The van der Waals surface area contributed by atoms with Gasteiger partial charge in [0, 0.05) is 48.8 Å². The van der Waals surface area contributed by atoms with Gasteiger partial charge < -0.3 is 20.9 Å². The van der Waals surface area contributed by atoms with Crippen molar-refractivity contribution in [3.63, 3.8) is 0 Å². The summed E-state index contributed by atoms with van der Waals surface area (Å²) in [7, 11) is 1.78. The average molecular weight is 418 g/mol. The molecular formula is C25H31N5O. The van der Waals surface area contributed by atoms with E-state index in [1.54, 1.807) is 7.05 Å². The molecule has 1 amide bonds. The largest absolute Gasteiger partial charge is 0.361 e. The molecule has 1 aliphatic rings. The third-order valence-corrected chi connectivity index (χ3v) is 5.97. The molecule has 162 valence electrons. The summed E-state index contributed by atoms with van der Waals surface area (Å²) in [4.78, 5) is 20.0. The Hall–Kier alpha value is -3.28. The van der Waals surface area contributed by atoms with Crippen LogP contribution in [0.25, 0.3) is 10.9 Å². The van der Waals surface area contributed by atoms with Crippen LogP contribution in [0.15, 0.2) is 59.7 Å². The van der Waals surface area contributed by atoms with Crippen molar-refractivity contribution < 1.29 is 4.79 Å². The Morgan fingerprint density at radius 3 is 2.77 bits per heavy atom. The molecule has 0 unspecified atom stereocenters. The molecule has 4 rings (SSSR count). The van der Waals surface area contributed by atoms with Gasteiger partial charge in [-0.15, -0.1) is 0 Å². The van der Waals surface area contributed by atoms with Crippen LogP contribution < -0.4 is 16.0 Å². The highest BCUT2D eigenvalue weighted by atomic mass is 16.1. The number of carbonyl (C=O) groups is 1. The summed E-state index contributed by atoms with van der Waals surface area (Å²) < 4.78 is 0. The van der Waals surface area contributed by atoms with Gasteiger partial charge in [-0.3, -0.25) is 9.79 Å². The first-order chi connectivity index (χ1) is 15.2. The van der Waals surface area contributed by atoms with Crippen molar-refractivity contribution in [3.05, 3.63) is 65.9 Å². The fourth-order valence-electron chi connectivity index (χ4n) is 4.25. The van der Waals surface area contributed by atoms with E-state index in [2.05, 4.69) is 56.4 Å². The van der Waals surface area contributed by atoms with E-state index in [9.17, 15) is 4.79 Å². The molecule has 2 aromatic carbocycles. The van der Waals surface area contributed by atoms with Gasteiger partial charge in [0.1, 0.15) is 0 Å². The summed E-state index contributed by atoms with van der Waals surface area (Å²) in [6.45, 7) is 1.43. The molecule has 6 heteroatoms. The molecule has 0 aliphatic heterocycles. The third-order valence-electron chi connectivity index (χ3n) is 5.97. The second-order valence-corrected chi connectivity index (χ2v) is 8.13. The molecule has 1 aromatic heterocycles. The quantitative estimate of drug-likeness (QED) is 0.343. The third kappa shape index (κ3) is 5.45. The van der Waals surface area contributed by atoms with Crippen LogP contribution in [0.1, 0.15) is 36.8 Å². The van der Waals surface area contributed by atoms with Gasteiger partial charge in [0.2, 0.25) is 5.91 Å². The van der Waals surface area contributed by atoms with Crippen molar-refractivity contribution in [2.75, 3.05) is 18.9 Å². The number of para-hydroxylation sites is 1. The maximum Gasteiger partial charge on any atom is 0.227 e. The molecule has 0 atom stereocenters. The number of hydrogen-bond donors (Lipinski definition) is 4. The molecular weight excluding hydrogens is 386 g/mol. The number of aliphatic imine (C=N–C) groups is 1. The van der Waals surface area contributed by atoms with E-state index in [0.717, 1.165) is 55.9 Å². The minimum atomic E-state index is 0.150. The van der Waals surface area contributed by atoms with Crippen LogP contribution in [-0.4, -0.2) is 30.4 Å². The molecule has 4 N–H and O–H groups in total. The molecule has 1 aliphatic carbocycles. The minimum Gasteiger partial charge on any atom is -0.361 e. The van der Waals surface area contributed by atoms with E-state index in [0.29, 0.717) is 6.54 Å². The topological polar surface area (TPSA) is 81.3 Å². The highest BCUT2D eigenvalue weighted by Gasteiger charge is 2.22. The van der Waals surface area contributed by atoms with E-state index in [-0.39, 0.29) is 11.8 Å². The first-order valence-corrected chi connectivity index (χ1v) is 11.1. The molecule has 0 saturated heterocycles. The molecule has 1 saturated carbocycles. The molecule has 1 heterocycles. The SMILES string of the molecule is CN=C(NCCc1c[nH]c2ccccc12)NCc1cccc(NC(=O)C2CCCC2)c1. The normalized spacial score (nSPS) is 14.7. The van der Waals surface area contributed by atoms with Crippen LogP contribution >= 0.6 is 0 Å². The fourth-order valence-corrected chi connectivity index (χ4v) is 4.25. The van der Waals surface area contributed by atoms with Crippen LogP contribution in [-0.2, 0) is 17.8 Å². The van der Waals surface area contributed by atoms with E-state index >= 15 is 0 Å². The van der Waals surface area contributed by atoms with E-state index in [1.165, 1.54) is 16.5 Å². The number of nitrogens with one attached hydrogen (secondary N) is 4. The second kappa shape index (κ2) is 10.2. The molecule has 0 bridgehead atoms.